The Morgan fingerprint density at radius 2 is 2.14 bits per heavy atom. The van der Waals surface area contributed by atoms with E-state index in [9.17, 15) is 9.90 Å². The molecule has 0 aromatic heterocycles. The zero-order valence-electron chi connectivity index (χ0n) is 17.2. The maximum absolute atomic E-state index is 11.2. The molecule has 4 aliphatic rings. The van der Waals surface area contributed by atoms with Crippen molar-refractivity contribution in [1.29, 1.82) is 0 Å². The van der Waals surface area contributed by atoms with Crippen LogP contribution in [0.4, 0.5) is 0 Å². The van der Waals surface area contributed by atoms with Gasteiger partial charge in [0, 0.05) is 38.0 Å². The van der Waals surface area contributed by atoms with Crippen molar-refractivity contribution in [3.8, 4) is 0 Å². The van der Waals surface area contributed by atoms with E-state index in [-0.39, 0.29) is 42.9 Å². The molecule has 7 nitrogen and oxygen atoms in total. The number of hydrogen-bond donors (Lipinski definition) is 1. The van der Waals surface area contributed by atoms with Crippen LogP contribution in [0.2, 0.25) is 0 Å². The summed E-state index contributed by atoms with van der Waals surface area (Å²) in [6, 6.07) is 0. The highest BCUT2D eigenvalue weighted by Gasteiger charge is 2.59. The molecule has 0 amide bonds. The van der Waals surface area contributed by atoms with E-state index in [1.807, 2.05) is 18.2 Å². The van der Waals surface area contributed by atoms with Gasteiger partial charge in [0.05, 0.1) is 38.1 Å². The Balaban J connectivity index is 1.37. The summed E-state index contributed by atoms with van der Waals surface area (Å²) in [5.41, 5.74) is 0. The van der Waals surface area contributed by atoms with Crippen molar-refractivity contribution in [2.75, 3.05) is 13.7 Å². The SMILES string of the molecule is COC(=O)CC/C=C/[C@@H]1C=CC[C@]2(CC[C@@]3(O[C@@H]4C[C@@H](CO)O[C@@H]4C[C@H]3C)O2)O1. The molecule has 2 spiro atoms. The Hall–Kier alpha value is -1.25. The molecule has 7 heteroatoms. The summed E-state index contributed by atoms with van der Waals surface area (Å²) < 4.78 is 30.0. The number of rotatable bonds is 5. The van der Waals surface area contributed by atoms with Gasteiger partial charge in [-0.1, -0.05) is 31.2 Å². The van der Waals surface area contributed by atoms with Crippen molar-refractivity contribution in [3.05, 3.63) is 24.3 Å². The van der Waals surface area contributed by atoms with Crippen molar-refractivity contribution >= 4 is 5.97 Å². The van der Waals surface area contributed by atoms with E-state index in [0.717, 1.165) is 19.3 Å². The third kappa shape index (κ3) is 4.30. The largest absolute Gasteiger partial charge is 0.469 e. The highest BCUT2D eigenvalue weighted by Crippen LogP contribution is 2.52. The smallest absolute Gasteiger partial charge is 0.305 e. The molecule has 4 aliphatic heterocycles. The predicted octanol–water partition coefficient (Wildman–Crippen LogP) is 2.62. The molecular formula is C22H32O7. The van der Waals surface area contributed by atoms with Crippen LogP contribution >= 0.6 is 0 Å². The van der Waals surface area contributed by atoms with Crippen LogP contribution in [0, 0.1) is 5.92 Å². The molecule has 0 radical (unpaired) electrons. The molecule has 7 atom stereocenters. The van der Waals surface area contributed by atoms with Crippen LogP contribution in [0.1, 0.15) is 51.9 Å². The van der Waals surface area contributed by atoms with Crippen molar-refractivity contribution < 1.29 is 33.6 Å². The highest BCUT2D eigenvalue weighted by atomic mass is 16.8. The minimum absolute atomic E-state index is 0.0282. The normalized spacial score (nSPS) is 44.0. The van der Waals surface area contributed by atoms with Crippen LogP contribution in [0.25, 0.3) is 0 Å². The topological polar surface area (TPSA) is 83.5 Å². The van der Waals surface area contributed by atoms with Gasteiger partial charge in [-0.05, 0) is 12.8 Å². The van der Waals surface area contributed by atoms with Crippen LogP contribution in [-0.2, 0) is 28.5 Å². The lowest BCUT2D eigenvalue weighted by molar-refractivity contribution is -0.365. The zero-order chi connectivity index (χ0) is 20.5. The number of hydrogen-bond acceptors (Lipinski definition) is 7. The van der Waals surface area contributed by atoms with Crippen molar-refractivity contribution in [2.24, 2.45) is 5.92 Å². The minimum atomic E-state index is -0.678. The second kappa shape index (κ2) is 8.47. The molecule has 0 aromatic carbocycles. The number of fused-ring (bicyclic) bond motifs is 1. The number of esters is 1. The second-order valence-corrected chi connectivity index (χ2v) is 8.59. The summed E-state index contributed by atoms with van der Waals surface area (Å²) >= 11 is 0. The van der Waals surface area contributed by atoms with E-state index in [1.165, 1.54) is 7.11 Å². The summed E-state index contributed by atoms with van der Waals surface area (Å²) in [5, 5.41) is 9.43. The van der Waals surface area contributed by atoms with Gasteiger partial charge in [0.25, 0.3) is 0 Å². The monoisotopic (exact) mass is 408 g/mol. The molecule has 4 rings (SSSR count). The molecule has 162 valence electrons. The molecular weight excluding hydrogens is 376 g/mol. The number of carbonyl (C=O) groups is 1. The van der Waals surface area contributed by atoms with Gasteiger partial charge in [-0.2, -0.15) is 0 Å². The summed E-state index contributed by atoms with van der Waals surface area (Å²) in [5.74, 6) is -1.36. The average molecular weight is 408 g/mol. The Kier molecular flexibility index (Phi) is 6.14. The standard InChI is InChI=1S/C22H32O7/c1-15-12-18-19(13-17(14-23)26-18)28-22(15)11-10-21(29-22)9-5-7-16(27-21)6-3-4-8-20(24)25-2/h3,5-7,15-19,23H,4,8-14H2,1-2H3/b6-3+/t15-,16-,17+,18-,19-,21+,22-/m1/s1. The van der Waals surface area contributed by atoms with Crippen LogP contribution in [-0.4, -0.2) is 60.8 Å². The molecule has 1 N–H and O–H groups in total. The number of carbonyl (C=O) groups excluding carboxylic acids is 1. The van der Waals surface area contributed by atoms with Crippen LogP contribution in [0.3, 0.4) is 0 Å². The fraction of sp³-hybridized carbons (Fsp3) is 0.773. The lowest BCUT2D eigenvalue weighted by Gasteiger charge is -2.45. The Bertz CT molecular complexity index is 662. The first-order valence-corrected chi connectivity index (χ1v) is 10.7. The molecule has 0 unspecified atom stereocenters. The van der Waals surface area contributed by atoms with Gasteiger partial charge in [0.1, 0.15) is 0 Å². The number of ether oxygens (including phenoxy) is 5. The van der Waals surface area contributed by atoms with Crippen molar-refractivity contribution in [3.63, 3.8) is 0 Å². The molecule has 0 aliphatic carbocycles. The Labute approximate surface area is 172 Å². The summed E-state index contributed by atoms with van der Waals surface area (Å²) in [6.45, 7) is 2.17. The van der Waals surface area contributed by atoms with Gasteiger partial charge in [-0.25, -0.2) is 0 Å². The van der Waals surface area contributed by atoms with Gasteiger partial charge in [-0.3, -0.25) is 4.79 Å². The van der Waals surface area contributed by atoms with Crippen molar-refractivity contribution in [1.82, 2.24) is 0 Å². The van der Waals surface area contributed by atoms with Crippen LogP contribution in [0.5, 0.6) is 0 Å². The van der Waals surface area contributed by atoms with Gasteiger partial charge >= 0.3 is 5.97 Å². The Morgan fingerprint density at radius 3 is 2.93 bits per heavy atom. The number of aliphatic hydroxyl groups excluding tert-OH is 1. The molecule has 0 aromatic rings. The van der Waals surface area contributed by atoms with Crippen LogP contribution in [0.15, 0.2) is 24.3 Å². The van der Waals surface area contributed by atoms with Crippen LogP contribution < -0.4 is 0 Å². The lowest BCUT2D eigenvalue weighted by atomic mass is 9.86. The third-order valence-electron chi connectivity index (χ3n) is 6.56. The maximum Gasteiger partial charge on any atom is 0.305 e. The molecule has 4 heterocycles. The summed E-state index contributed by atoms with van der Waals surface area (Å²) in [4.78, 5) is 11.2. The van der Waals surface area contributed by atoms with Gasteiger partial charge in [0.2, 0.25) is 0 Å². The fourth-order valence-corrected chi connectivity index (χ4v) is 4.94. The average Bonchev–Trinajstić information content (AvgIpc) is 3.27. The molecule has 0 bridgehead atoms. The van der Waals surface area contributed by atoms with E-state index < -0.39 is 11.6 Å². The van der Waals surface area contributed by atoms with E-state index >= 15 is 0 Å². The lowest BCUT2D eigenvalue weighted by Crippen LogP contribution is -2.53. The van der Waals surface area contributed by atoms with Gasteiger partial charge < -0.3 is 28.8 Å². The van der Waals surface area contributed by atoms with Gasteiger partial charge in [0.15, 0.2) is 11.6 Å². The van der Waals surface area contributed by atoms with E-state index in [0.29, 0.717) is 25.7 Å². The van der Waals surface area contributed by atoms with E-state index in [2.05, 4.69) is 17.7 Å². The predicted molar refractivity (Wildman–Crippen MR) is 104 cm³/mol. The molecule has 3 saturated heterocycles. The zero-order valence-corrected chi connectivity index (χ0v) is 17.2. The van der Waals surface area contributed by atoms with E-state index in [4.69, 9.17) is 18.9 Å². The summed E-state index contributed by atoms with van der Waals surface area (Å²) in [6.07, 6.45) is 12.5. The number of aliphatic hydroxyl groups is 1. The Morgan fingerprint density at radius 1 is 1.28 bits per heavy atom. The first kappa shape index (κ1) is 21.0. The number of allylic oxidation sites excluding steroid dienone is 1. The van der Waals surface area contributed by atoms with Crippen molar-refractivity contribution in [2.45, 2.75) is 87.9 Å². The molecule has 29 heavy (non-hydrogen) atoms. The highest BCUT2D eigenvalue weighted by molar-refractivity contribution is 5.69. The minimum Gasteiger partial charge on any atom is -0.469 e. The third-order valence-corrected chi connectivity index (χ3v) is 6.56. The van der Waals surface area contributed by atoms with E-state index in [1.54, 1.807) is 0 Å². The molecule has 0 saturated carbocycles. The first-order chi connectivity index (χ1) is 14.0. The second-order valence-electron chi connectivity index (χ2n) is 8.59. The molecule has 3 fully saturated rings. The summed E-state index contributed by atoms with van der Waals surface area (Å²) in [7, 11) is 1.40. The maximum atomic E-state index is 11.2. The van der Waals surface area contributed by atoms with Gasteiger partial charge in [-0.15, -0.1) is 0 Å². The fourth-order valence-electron chi connectivity index (χ4n) is 4.94. The quantitative estimate of drug-likeness (QED) is 0.553. The number of methoxy groups -OCH3 is 1. The first-order valence-electron chi connectivity index (χ1n) is 10.7.